The van der Waals surface area contributed by atoms with Crippen LogP contribution in [0.1, 0.15) is 41.5 Å². The second kappa shape index (κ2) is 5.93. The molecule has 1 aliphatic rings. The largest absolute Gasteiger partial charge is 0.496 e. The van der Waals surface area contributed by atoms with E-state index in [1.54, 1.807) is 7.11 Å². The van der Waals surface area contributed by atoms with Gasteiger partial charge in [-0.3, -0.25) is 0 Å². The molecule has 3 nitrogen and oxygen atoms in total. The molecule has 1 saturated carbocycles. The predicted molar refractivity (Wildman–Crippen MR) is 79.7 cm³/mol. The van der Waals surface area contributed by atoms with Crippen LogP contribution in [-0.2, 0) is 6.54 Å². The molecule has 19 heavy (non-hydrogen) atoms. The Balaban J connectivity index is 2.14. The Hall–Kier alpha value is -1.06. The fourth-order valence-electron chi connectivity index (χ4n) is 3.06. The molecule has 2 rings (SSSR count). The Morgan fingerprint density at radius 3 is 2.58 bits per heavy atom. The summed E-state index contributed by atoms with van der Waals surface area (Å²) in [5, 5.41) is 3.63. The Morgan fingerprint density at radius 1 is 1.26 bits per heavy atom. The van der Waals surface area contributed by atoms with Crippen LogP contribution in [0.3, 0.4) is 0 Å². The topological polar surface area (TPSA) is 47.3 Å². The summed E-state index contributed by atoms with van der Waals surface area (Å²) in [7, 11) is 1.73. The Labute approximate surface area is 116 Å². The molecular weight excluding hydrogens is 236 g/mol. The molecule has 0 aliphatic heterocycles. The Morgan fingerprint density at radius 2 is 2.00 bits per heavy atom. The first kappa shape index (κ1) is 14.4. The molecule has 2 atom stereocenters. The van der Waals surface area contributed by atoms with Gasteiger partial charge in [0.05, 0.1) is 7.11 Å². The molecule has 0 spiro atoms. The van der Waals surface area contributed by atoms with E-state index in [-0.39, 0.29) is 0 Å². The number of nitrogens with one attached hydrogen (secondary N) is 1. The van der Waals surface area contributed by atoms with E-state index in [0.29, 0.717) is 12.1 Å². The van der Waals surface area contributed by atoms with Gasteiger partial charge < -0.3 is 15.8 Å². The van der Waals surface area contributed by atoms with Crippen LogP contribution in [0.5, 0.6) is 5.75 Å². The van der Waals surface area contributed by atoms with Crippen molar-refractivity contribution in [2.75, 3.05) is 7.11 Å². The monoisotopic (exact) mass is 262 g/mol. The quantitative estimate of drug-likeness (QED) is 0.877. The molecule has 1 aromatic carbocycles. The van der Waals surface area contributed by atoms with Crippen LogP contribution in [0.2, 0.25) is 0 Å². The van der Waals surface area contributed by atoms with Gasteiger partial charge in [0.15, 0.2) is 0 Å². The van der Waals surface area contributed by atoms with E-state index < -0.39 is 0 Å². The zero-order valence-electron chi connectivity index (χ0n) is 12.5. The van der Waals surface area contributed by atoms with Crippen molar-refractivity contribution in [1.82, 2.24) is 5.32 Å². The van der Waals surface area contributed by atoms with Crippen molar-refractivity contribution in [3.63, 3.8) is 0 Å². The van der Waals surface area contributed by atoms with Gasteiger partial charge in [-0.2, -0.15) is 0 Å². The van der Waals surface area contributed by atoms with Crippen LogP contribution in [0.4, 0.5) is 0 Å². The van der Waals surface area contributed by atoms with Crippen molar-refractivity contribution < 1.29 is 4.74 Å². The van der Waals surface area contributed by atoms with E-state index in [9.17, 15) is 0 Å². The second-order valence-corrected chi connectivity index (χ2v) is 5.71. The van der Waals surface area contributed by atoms with E-state index in [4.69, 9.17) is 10.5 Å². The molecule has 0 heterocycles. The highest BCUT2D eigenvalue weighted by Crippen LogP contribution is 2.28. The summed E-state index contributed by atoms with van der Waals surface area (Å²) in [5.74, 6) is 0.983. The average Bonchev–Trinajstić information content (AvgIpc) is 2.79. The van der Waals surface area contributed by atoms with Crippen LogP contribution >= 0.6 is 0 Å². The van der Waals surface area contributed by atoms with E-state index in [1.165, 1.54) is 35.1 Å². The SMILES string of the molecule is COc1cc(C)c(CNC2CCCC2N)c(C)c1C. The molecule has 3 N–H and O–H groups in total. The number of aryl methyl sites for hydroxylation is 1. The van der Waals surface area contributed by atoms with Gasteiger partial charge in [-0.15, -0.1) is 0 Å². The lowest BCUT2D eigenvalue weighted by Gasteiger charge is -2.21. The predicted octanol–water partition coefficient (Wildman–Crippen LogP) is 2.59. The van der Waals surface area contributed by atoms with Crippen molar-refractivity contribution >= 4 is 0 Å². The number of ether oxygens (including phenoxy) is 1. The van der Waals surface area contributed by atoms with Gasteiger partial charge in [-0.1, -0.05) is 6.42 Å². The molecule has 1 aromatic rings. The van der Waals surface area contributed by atoms with Gasteiger partial charge in [-0.05, 0) is 61.9 Å². The van der Waals surface area contributed by atoms with Crippen molar-refractivity contribution in [3.8, 4) is 5.75 Å². The number of benzene rings is 1. The van der Waals surface area contributed by atoms with Crippen LogP contribution in [0.15, 0.2) is 6.07 Å². The third-order valence-corrected chi connectivity index (χ3v) is 4.54. The number of methoxy groups -OCH3 is 1. The summed E-state index contributed by atoms with van der Waals surface area (Å²) in [4.78, 5) is 0. The molecular formula is C16H26N2O. The molecule has 1 aliphatic carbocycles. The molecule has 1 fully saturated rings. The van der Waals surface area contributed by atoms with E-state index in [1.807, 2.05) is 0 Å². The lowest BCUT2D eigenvalue weighted by atomic mass is 9.97. The maximum absolute atomic E-state index is 6.11. The molecule has 0 radical (unpaired) electrons. The fraction of sp³-hybridized carbons (Fsp3) is 0.625. The lowest BCUT2D eigenvalue weighted by molar-refractivity contribution is 0.410. The van der Waals surface area contributed by atoms with Crippen molar-refractivity contribution in [2.24, 2.45) is 5.73 Å². The first-order valence-corrected chi connectivity index (χ1v) is 7.17. The third-order valence-electron chi connectivity index (χ3n) is 4.54. The molecule has 0 bridgehead atoms. The van der Waals surface area contributed by atoms with Crippen molar-refractivity contribution in [3.05, 3.63) is 28.3 Å². The van der Waals surface area contributed by atoms with E-state index in [0.717, 1.165) is 18.7 Å². The van der Waals surface area contributed by atoms with Gasteiger partial charge in [0.2, 0.25) is 0 Å². The smallest absolute Gasteiger partial charge is 0.122 e. The fourth-order valence-corrected chi connectivity index (χ4v) is 3.06. The van der Waals surface area contributed by atoms with Crippen LogP contribution in [-0.4, -0.2) is 19.2 Å². The maximum atomic E-state index is 6.11. The first-order chi connectivity index (χ1) is 9.04. The van der Waals surface area contributed by atoms with Gasteiger partial charge in [0.1, 0.15) is 5.75 Å². The van der Waals surface area contributed by atoms with E-state index in [2.05, 4.69) is 32.2 Å². The lowest BCUT2D eigenvalue weighted by Crippen LogP contribution is -2.40. The van der Waals surface area contributed by atoms with Crippen LogP contribution in [0, 0.1) is 20.8 Å². The molecule has 2 unspecified atom stereocenters. The molecule has 0 saturated heterocycles. The highest BCUT2D eigenvalue weighted by atomic mass is 16.5. The number of nitrogens with two attached hydrogens (primary N) is 1. The first-order valence-electron chi connectivity index (χ1n) is 7.17. The van der Waals surface area contributed by atoms with Crippen LogP contribution in [0.25, 0.3) is 0 Å². The molecule has 0 aromatic heterocycles. The zero-order chi connectivity index (χ0) is 14.0. The highest BCUT2D eigenvalue weighted by molar-refractivity contribution is 5.48. The Bertz CT molecular complexity index is 457. The average molecular weight is 262 g/mol. The summed E-state index contributed by atoms with van der Waals surface area (Å²) in [6.07, 6.45) is 3.60. The number of rotatable bonds is 4. The van der Waals surface area contributed by atoms with Gasteiger partial charge in [0, 0.05) is 18.6 Å². The maximum Gasteiger partial charge on any atom is 0.122 e. The highest BCUT2D eigenvalue weighted by Gasteiger charge is 2.23. The number of hydrogen-bond acceptors (Lipinski definition) is 3. The summed E-state index contributed by atoms with van der Waals surface area (Å²) < 4.78 is 5.42. The standard InChI is InChI=1S/C16H26N2O/c1-10-8-16(19-4)12(3)11(2)13(10)9-18-15-7-5-6-14(15)17/h8,14-15,18H,5-7,9,17H2,1-4H3. The Kier molecular flexibility index (Phi) is 4.48. The molecule has 3 heteroatoms. The molecule has 106 valence electrons. The van der Waals surface area contributed by atoms with Crippen LogP contribution < -0.4 is 15.8 Å². The third kappa shape index (κ3) is 2.93. The van der Waals surface area contributed by atoms with Crippen molar-refractivity contribution in [2.45, 2.75) is 58.7 Å². The van der Waals surface area contributed by atoms with Gasteiger partial charge in [-0.25, -0.2) is 0 Å². The minimum atomic E-state index is 0.319. The second-order valence-electron chi connectivity index (χ2n) is 5.71. The molecule has 0 amide bonds. The summed E-state index contributed by atoms with van der Waals surface area (Å²) in [5.41, 5.74) is 11.4. The normalized spacial score (nSPS) is 22.8. The minimum Gasteiger partial charge on any atom is -0.496 e. The van der Waals surface area contributed by atoms with Crippen molar-refractivity contribution in [1.29, 1.82) is 0 Å². The van der Waals surface area contributed by atoms with Gasteiger partial charge >= 0.3 is 0 Å². The van der Waals surface area contributed by atoms with E-state index >= 15 is 0 Å². The number of hydrogen-bond donors (Lipinski definition) is 2. The summed E-state index contributed by atoms with van der Waals surface area (Å²) >= 11 is 0. The van der Waals surface area contributed by atoms with Gasteiger partial charge in [0.25, 0.3) is 0 Å². The summed E-state index contributed by atoms with van der Waals surface area (Å²) in [6, 6.07) is 2.93. The zero-order valence-corrected chi connectivity index (χ0v) is 12.5. The minimum absolute atomic E-state index is 0.319. The summed E-state index contributed by atoms with van der Waals surface area (Å²) in [6.45, 7) is 7.36.